The molecule has 2 aromatic rings. The Hall–Kier alpha value is -2.61. The Morgan fingerprint density at radius 1 is 1.10 bits per heavy atom. The van der Waals surface area contributed by atoms with Crippen molar-refractivity contribution in [3.05, 3.63) is 59.2 Å². The number of ether oxygens (including phenoxy) is 1. The fourth-order valence-electron chi connectivity index (χ4n) is 4.80. The summed E-state index contributed by atoms with van der Waals surface area (Å²) in [6, 6.07) is 11.7. The number of rotatable bonds is 7. The summed E-state index contributed by atoms with van der Waals surface area (Å²) in [7, 11) is 0. The number of aromatic hydroxyl groups is 2. The number of nitrogens with one attached hydrogen (secondary N) is 2. The van der Waals surface area contributed by atoms with Gasteiger partial charge in [0, 0.05) is 24.6 Å². The summed E-state index contributed by atoms with van der Waals surface area (Å²) in [5.74, 6) is 0.250. The molecule has 0 aliphatic carbocycles. The molecule has 31 heavy (non-hydrogen) atoms. The zero-order valence-corrected chi connectivity index (χ0v) is 18.2. The van der Waals surface area contributed by atoms with Gasteiger partial charge in [0.15, 0.2) is 0 Å². The summed E-state index contributed by atoms with van der Waals surface area (Å²) in [6.07, 6.45) is 0.877. The molecule has 1 amide bonds. The Morgan fingerprint density at radius 3 is 2.61 bits per heavy atom. The summed E-state index contributed by atoms with van der Waals surface area (Å²) >= 11 is 0. The van der Waals surface area contributed by atoms with Crippen LogP contribution in [0.5, 0.6) is 11.5 Å². The van der Waals surface area contributed by atoms with Gasteiger partial charge in [0.2, 0.25) is 5.91 Å². The van der Waals surface area contributed by atoms with E-state index in [0.29, 0.717) is 13.2 Å². The summed E-state index contributed by atoms with van der Waals surface area (Å²) in [6.45, 7) is 7.12. The lowest BCUT2D eigenvalue weighted by molar-refractivity contribution is -0.131. The normalized spacial score (nSPS) is 25.4. The number of likely N-dealkylation sites (tertiary alicyclic amines) is 1. The molecular weight excluding hydrogens is 394 g/mol. The first-order valence-electron chi connectivity index (χ1n) is 10.9. The number of carbonyl (C=O) groups excluding carboxylic acids is 1. The minimum absolute atomic E-state index is 0.0185. The van der Waals surface area contributed by atoms with Gasteiger partial charge < -0.3 is 19.8 Å². The highest BCUT2D eigenvalue weighted by molar-refractivity contribution is 5.86. The highest BCUT2D eigenvalue weighted by atomic mass is 16.5. The van der Waals surface area contributed by atoms with E-state index in [0.717, 1.165) is 23.1 Å². The summed E-state index contributed by atoms with van der Waals surface area (Å²) in [4.78, 5) is 15.3. The molecule has 2 aliphatic heterocycles. The SMILES string of the molecule is Cc1ccc(O)c(C2NNC3C(=O)N(CCCOC(C)C)C(c4cccc(O)c4)C32)c1. The average molecular weight is 426 g/mol. The van der Waals surface area contributed by atoms with Crippen LogP contribution in [0.25, 0.3) is 0 Å². The first kappa shape index (κ1) is 21.6. The Bertz CT molecular complexity index is 948. The topological polar surface area (TPSA) is 94.1 Å². The van der Waals surface area contributed by atoms with Crippen molar-refractivity contribution in [1.29, 1.82) is 0 Å². The lowest BCUT2D eigenvalue weighted by atomic mass is 9.82. The van der Waals surface area contributed by atoms with Crippen LogP contribution >= 0.6 is 0 Å². The smallest absolute Gasteiger partial charge is 0.242 e. The van der Waals surface area contributed by atoms with Gasteiger partial charge in [-0.25, -0.2) is 10.9 Å². The highest BCUT2D eigenvalue weighted by Crippen LogP contribution is 2.49. The van der Waals surface area contributed by atoms with Crippen LogP contribution in [0.15, 0.2) is 42.5 Å². The molecule has 2 fully saturated rings. The minimum Gasteiger partial charge on any atom is -0.508 e. The number of fused-ring (bicyclic) bond motifs is 1. The van der Waals surface area contributed by atoms with Crippen molar-refractivity contribution >= 4 is 5.91 Å². The summed E-state index contributed by atoms with van der Waals surface area (Å²) < 4.78 is 5.67. The van der Waals surface area contributed by atoms with Gasteiger partial charge in [-0.3, -0.25) is 4.79 Å². The maximum atomic E-state index is 13.4. The Morgan fingerprint density at radius 2 is 1.87 bits per heavy atom. The Balaban J connectivity index is 1.68. The number of phenols is 2. The van der Waals surface area contributed by atoms with Gasteiger partial charge in [-0.05, 0) is 51.0 Å². The van der Waals surface area contributed by atoms with Crippen molar-refractivity contribution in [3.8, 4) is 11.5 Å². The van der Waals surface area contributed by atoms with Gasteiger partial charge >= 0.3 is 0 Å². The summed E-state index contributed by atoms with van der Waals surface area (Å²) in [5, 5.41) is 20.7. The first-order chi connectivity index (χ1) is 14.9. The van der Waals surface area contributed by atoms with E-state index in [1.165, 1.54) is 0 Å². The van der Waals surface area contributed by atoms with E-state index in [9.17, 15) is 15.0 Å². The second kappa shape index (κ2) is 8.86. The van der Waals surface area contributed by atoms with Crippen LogP contribution in [0.4, 0.5) is 0 Å². The van der Waals surface area contributed by atoms with E-state index in [1.54, 1.807) is 24.3 Å². The van der Waals surface area contributed by atoms with E-state index in [1.807, 2.05) is 43.9 Å². The molecule has 2 heterocycles. The third kappa shape index (κ3) is 4.26. The number of phenolic OH excluding ortho intramolecular Hbond substituents is 2. The molecule has 2 aromatic carbocycles. The number of nitrogens with zero attached hydrogens (tertiary/aromatic N) is 1. The number of carbonyl (C=O) groups is 1. The zero-order chi connectivity index (χ0) is 22.1. The molecule has 0 radical (unpaired) electrons. The highest BCUT2D eigenvalue weighted by Gasteiger charge is 2.55. The number of hydrazine groups is 1. The lowest BCUT2D eigenvalue weighted by Crippen LogP contribution is -2.41. The molecule has 0 saturated carbocycles. The maximum absolute atomic E-state index is 13.4. The molecule has 0 spiro atoms. The standard InChI is InChI=1S/C24H31N3O4/c1-14(2)31-11-5-10-27-23(16-6-4-7-17(28)13-16)20-21(25-26-22(20)24(27)30)18-12-15(3)8-9-19(18)29/h4,6-9,12-14,20-23,25-26,28-29H,5,10-11H2,1-3H3. The molecule has 4 atom stereocenters. The Kier molecular flexibility index (Phi) is 6.18. The largest absolute Gasteiger partial charge is 0.508 e. The van der Waals surface area contributed by atoms with Crippen LogP contribution in [0.3, 0.4) is 0 Å². The van der Waals surface area contributed by atoms with Crippen molar-refractivity contribution in [3.63, 3.8) is 0 Å². The molecule has 4 N–H and O–H groups in total. The molecular formula is C24H31N3O4. The van der Waals surface area contributed by atoms with Gasteiger partial charge in [0.05, 0.1) is 18.2 Å². The minimum atomic E-state index is -0.414. The predicted octanol–water partition coefficient (Wildman–Crippen LogP) is 2.94. The van der Waals surface area contributed by atoms with Gasteiger partial charge in [-0.1, -0.05) is 29.8 Å². The third-order valence-corrected chi connectivity index (χ3v) is 6.14. The van der Waals surface area contributed by atoms with Gasteiger partial charge in [-0.15, -0.1) is 0 Å². The fourth-order valence-corrected chi connectivity index (χ4v) is 4.80. The second-order valence-electron chi connectivity index (χ2n) is 8.73. The number of amides is 1. The molecule has 2 aliphatic rings. The monoisotopic (exact) mass is 425 g/mol. The molecule has 7 nitrogen and oxygen atoms in total. The predicted molar refractivity (Wildman–Crippen MR) is 117 cm³/mol. The molecule has 4 unspecified atom stereocenters. The van der Waals surface area contributed by atoms with E-state index >= 15 is 0 Å². The van der Waals surface area contributed by atoms with Crippen LogP contribution < -0.4 is 10.9 Å². The van der Waals surface area contributed by atoms with Crippen molar-refractivity contribution in [2.24, 2.45) is 5.92 Å². The average Bonchev–Trinajstić information content (AvgIpc) is 3.26. The van der Waals surface area contributed by atoms with Crippen molar-refractivity contribution in [2.75, 3.05) is 13.2 Å². The van der Waals surface area contributed by atoms with E-state index in [4.69, 9.17) is 4.74 Å². The maximum Gasteiger partial charge on any atom is 0.242 e. The quantitative estimate of drug-likeness (QED) is 0.510. The van der Waals surface area contributed by atoms with E-state index < -0.39 is 6.04 Å². The number of aryl methyl sites for hydroxylation is 1. The number of hydrogen-bond donors (Lipinski definition) is 4. The van der Waals surface area contributed by atoms with Crippen molar-refractivity contribution < 1.29 is 19.7 Å². The molecule has 166 valence electrons. The third-order valence-electron chi connectivity index (χ3n) is 6.14. The number of hydrogen-bond acceptors (Lipinski definition) is 6. The van der Waals surface area contributed by atoms with Crippen LogP contribution in [0, 0.1) is 12.8 Å². The molecule has 4 rings (SSSR count). The lowest BCUT2D eigenvalue weighted by Gasteiger charge is -2.31. The van der Waals surface area contributed by atoms with Gasteiger partial charge in [0.25, 0.3) is 0 Å². The van der Waals surface area contributed by atoms with Crippen molar-refractivity contribution in [1.82, 2.24) is 15.8 Å². The number of benzene rings is 2. The first-order valence-corrected chi connectivity index (χ1v) is 10.9. The van der Waals surface area contributed by atoms with Crippen molar-refractivity contribution in [2.45, 2.75) is 51.4 Å². The summed E-state index contributed by atoms with van der Waals surface area (Å²) in [5.41, 5.74) is 9.11. The Labute approximate surface area is 183 Å². The molecule has 7 heteroatoms. The zero-order valence-electron chi connectivity index (χ0n) is 18.2. The van der Waals surface area contributed by atoms with Crippen LogP contribution in [0.1, 0.15) is 49.0 Å². The van der Waals surface area contributed by atoms with E-state index in [2.05, 4.69) is 10.9 Å². The van der Waals surface area contributed by atoms with Crippen LogP contribution in [-0.2, 0) is 9.53 Å². The van der Waals surface area contributed by atoms with Crippen LogP contribution in [0.2, 0.25) is 0 Å². The van der Waals surface area contributed by atoms with Crippen LogP contribution in [-0.4, -0.2) is 46.3 Å². The fraction of sp³-hybridized carbons (Fsp3) is 0.458. The molecule has 2 saturated heterocycles. The molecule has 0 bridgehead atoms. The van der Waals surface area contributed by atoms with Gasteiger partial charge in [-0.2, -0.15) is 0 Å². The van der Waals surface area contributed by atoms with E-state index in [-0.39, 0.29) is 41.5 Å². The molecule has 0 aromatic heterocycles. The second-order valence-corrected chi connectivity index (χ2v) is 8.73. The van der Waals surface area contributed by atoms with Gasteiger partial charge in [0.1, 0.15) is 17.5 Å².